The Hall–Kier alpha value is -2.46. The van der Waals surface area contributed by atoms with E-state index in [0.717, 1.165) is 28.3 Å². The van der Waals surface area contributed by atoms with Crippen LogP contribution in [0, 0.1) is 13.8 Å². The molecule has 0 saturated heterocycles. The van der Waals surface area contributed by atoms with E-state index in [0.29, 0.717) is 0 Å². The zero-order valence-corrected chi connectivity index (χ0v) is 14.2. The van der Waals surface area contributed by atoms with Gasteiger partial charge in [-0.25, -0.2) is 9.97 Å². The topological polar surface area (TPSA) is 30.7 Å². The number of rotatable bonds is 2. The van der Waals surface area contributed by atoms with E-state index in [1.54, 1.807) is 11.3 Å². The maximum atomic E-state index is 4.82. The summed E-state index contributed by atoms with van der Waals surface area (Å²) >= 11 is 1.67. The number of hydrogen-bond acceptors (Lipinski definition) is 3. The number of aromatic nitrogens is 3. The molecule has 0 saturated carbocycles. The third kappa shape index (κ3) is 2.35. The van der Waals surface area contributed by atoms with Gasteiger partial charge in [0.05, 0.1) is 27.1 Å². The van der Waals surface area contributed by atoms with Gasteiger partial charge < -0.3 is 4.57 Å². The van der Waals surface area contributed by atoms with Crippen LogP contribution in [0.2, 0.25) is 0 Å². The van der Waals surface area contributed by atoms with Gasteiger partial charge in [0.2, 0.25) is 0 Å². The Kier molecular flexibility index (Phi) is 3.27. The quantitative estimate of drug-likeness (QED) is 0.521. The predicted molar refractivity (Wildman–Crippen MR) is 96.7 cm³/mol. The van der Waals surface area contributed by atoms with Crippen molar-refractivity contribution in [2.24, 2.45) is 7.05 Å². The van der Waals surface area contributed by atoms with Crippen molar-refractivity contribution in [2.75, 3.05) is 0 Å². The van der Waals surface area contributed by atoms with Crippen LogP contribution >= 0.6 is 11.3 Å². The Labute approximate surface area is 139 Å². The standard InChI is InChI=1S/C19H17N3S/c1-12-5-4-6-14(9-12)18-19(22(3)13(2)21-18)15-7-8-16-17(10-15)23-11-20-16/h4-11H,1-3H3. The second kappa shape index (κ2) is 5.32. The first-order chi connectivity index (χ1) is 11.1. The van der Waals surface area contributed by atoms with E-state index in [-0.39, 0.29) is 0 Å². The van der Waals surface area contributed by atoms with Gasteiger partial charge in [0.25, 0.3) is 0 Å². The van der Waals surface area contributed by atoms with Gasteiger partial charge in [0.1, 0.15) is 5.82 Å². The first kappa shape index (κ1) is 14.2. The van der Waals surface area contributed by atoms with Crippen LogP contribution in [0.1, 0.15) is 11.4 Å². The molecule has 0 aliphatic rings. The predicted octanol–water partition coefficient (Wildman–Crippen LogP) is 4.98. The lowest BCUT2D eigenvalue weighted by Gasteiger charge is -2.08. The van der Waals surface area contributed by atoms with Crippen LogP contribution in [0.3, 0.4) is 0 Å². The van der Waals surface area contributed by atoms with E-state index in [1.807, 2.05) is 12.4 Å². The summed E-state index contributed by atoms with van der Waals surface area (Å²) in [6, 6.07) is 15.0. The number of imidazole rings is 1. The molecular weight excluding hydrogens is 302 g/mol. The number of benzene rings is 2. The molecule has 114 valence electrons. The molecular formula is C19H17N3S. The van der Waals surface area contributed by atoms with Crippen LogP contribution in [-0.4, -0.2) is 14.5 Å². The molecule has 2 aromatic carbocycles. The number of fused-ring (bicyclic) bond motifs is 1. The van der Waals surface area contributed by atoms with E-state index in [4.69, 9.17) is 4.98 Å². The normalized spacial score (nSPS) is 11.3. The van der Waals surface area contributed by atoms with Crippen LogP contribution in [0.15, 0.2) is 48.0 Å². The minimum absolute atomic E-state index is 1.01. The monoisotopic (exact) mass is 319 g/mol. The van der Waals surface area contributed by atoms with Crippen molar-refractivity contribution in [2.45, 2.75) is 13.8 Å². The van der Waals surface area contributed by atoms with Crippen molar-refractivity contribution < 1.29 is 0 Å². The van der Waals surface area contributed by atoms with E-state index < -0.39 is 0 Å². The van der Waals surface area contributed by atoms with E-state index in [2.05, 4.69) is 66.0 Å². The lowest BCUT2D eigenvalue weighted by molar-refractivity contribution is 0.865. The Bertz CT molecular complexity index is 1010. The fourth-order valence-electron chi connectivity index (χ4n) is 2.94. The van der Waals surface area contributed by atoms with Gasteiger partial charge in [0, 0.05) is 18.2 Å². The smallest absolute Gasteiger partial charge is 0.106 e. The molecule has 0 spiro atoms. The van der Waals surface area contributed by atoms with Crippen LogP contribution in [0.5, 0.6) is 0 Å². The largest absolute Gasteiger partial charge is 0.331 e. The Morgan fingerprint density at radius 2 is 1.87 bits per heavy atom. The van der Waals surface area contributed by atoms with E-state index in [9.17, 15) is 0 Å². The van der Waals surface area contributed by atoms with Crippen molar-refractivity contribution in [1.29, 1.82) is 0 Å². The maximum absolute atomic E-state index is 4.82. The van der Waals surface area contributed by atoms with Gasteiger partial charge in [-0.15, -0.1) is 11.3 Å². The third-order valence-electron chi connectivity index (χ3n) is 4.21. The summed E-state index contributed by atoms with van der Waals surface area (Å²) in [5.41, 5.74) is 8.73. The molecule has 2 heterocycles. The molecule has 4 rings (SSSR count). The zero-order valence-electron chi connectivity index (χ0n) is 13.4. The van der Waals surface area contributed by atoms with Gasteiger partial charge in [-0.1, -0.05) is 29.8 Å². The highest BCUT2D eigenvalue weighted by molar-refractivity contribution is 7.16. The summed E-state index contributed by atoms with van der Waals surface area (Å²) in [6.45, 7) is 4.16. The van der Waals surface area contributed by atoms with Crippen molar-refractivity contribution in [3.8, 4) is 22.5 Å². The van der Waals surface area contributed by atoms with Crippen molar-refractivity contribution >= 4 is 21.6 Å². The van der Waals surface area contributed by atoms with Crippen LogP contribution in [0.25, 0.3) is 32.7 Å². The molecule has 0 unspecified atom stereocenters. The highest BCUT2D eigenvalue weighted by atomic mass is 32.1. The molecule has 0 amide bonds. The first-order valence-corrected chi connectivity index (χ1v) is 8.45. The average Bonchev–Trinajstić information content (AvgIpc) is 3.12. The fraction of sp³-hybridized carbons (Fsp3) is 0.158. The highest BCUT2D eigenvalue weighted by Crippen LogP contribution is 2.34. The SMILES string of the molecule is Cc1cccc(-c2nc(C)n(C)c2-c2ccc3ncsc3c2)c1. The van der Waals surface area contributed by atoms with Crippen LogP contribution in [0.4, 0.5) is 0 Å². The maximum Gasteiger partial charge on any atom is 0.106 e. The van der Waals surface area contributed by atoms with E-state index in [1.165, 1.54) is 15.8 Å². The van der Waals surface area contributed by atoms with Gasteiger partial charge in [-0.05, 0) is 32.0 Å². The summed E-state index contributed by atoms with van der Waals surface area (Å²) in [4.78, 5) is 9.19. The lowest BCUT2D eigenvalue weighted by atomic mass is 10.0. The number of hydrogen-bond donors (Lipinski definition) is 0. The average molecular weight is 319 g/mol. The van der Waals surface area contributed by atoms with Crippen LogP contribution < -0.4 is 0 Å². The minimum atomic E-state index is 1.01. The summed E-state index contributed by atoms with van der Waals surface area (Å²) in [7, 11) is 2.08. The molecule has 0 N–H and O–H groups in total. The number of aryl methyl sites for hydroxylation is 2. The summed E-state index contributed by atoms with van der Waals surface area (Å²) in [5.74, 6) is 1.01. The second-order valence-electron chi connectivity index (χ2n) is 5.82. The molecule has 0 aliphatic carbocycles. The molecule has 0 bridgehead atoms. The van der Waals surface area contributed by atoms with Gasteiger partial charge >= 0.3 is 0 Å². The van der Waals surface area contributed by atoms with Crippen molar-refractivity contribution in [3.05, 3.63) is 59.4 Å². The van der Waals surface area contributed by atoms with E-state index >= 15 is 0 Å². The Morgan fingerprint density at radius 3 is 2.70 bits per heavy atom. The molecule has 23 heavy (non-hydrogen) atoms. The molecule has 0 aliphatic heterocycles. The van der Waals surface area contributed by atoms with Gasteiger partial charge in [-0.2, -0.15) is 0 Å². The molecule has 4 heteroatoms. The molecule has 0 radical (unpaired) electrons. The second-order valence-corrected chi connectivity index (χ2v) is 6.71. The van der Waals surface area contributed by atoms with Crippen molar-refractivity contribution in [1.82, 2.24) is 14.5 Å². The van der Waals surface area contributed by atoms with Gasteiger partial charge in [-0.3, -0.25) is 0 Å². The third-order valence-corrected chi connectivity index (χ3v) is 5.01. The van der Waals surface area contributed by atoms with Gasteiger partial charge in [0.15, 0.2) is 0 Å². The number of thiazole rings is 1. The van der Waals surface area contributed by atoms with Crippen molar-refractivity contribution in [3.63, 3.8) is 0 Å². The summed E-state index contributed by atoms with van der Waals surface area (Å²) < 4.78 is 3.37. The van der Waals surface area contributed by atoms with Crippen LogP contribution in [-0.2, 0) is 7.05 Å². The molecule has 2 aromatic heterocycles. The lowest BCUT2D eigenvalue weighted by Crippen LogP contribution is -1.94. The Morgan fingerprint density at radius 1 is 1.00 bits per heavy atom. The molecule has 0 fully saturated rings. The molecule has 4 aromatic rings. The first-order valence-electron chi connectivity index (χ1n) is 7.57. The highest BCUT2D eigenvalue weighted by Gasteiger charge is 2.16. The summed E-state index contributed by atoms with van der Waals surface area (Å²) in [5, 5.41) is 0. The fourth-order valence-corrected chi connectivity index (χ4v) is 3.65. The molecule has 0 atom stereocenters. The zero-order chi connectivity index (χ0) is 16.0. The number of nitrogens with zero attached hydrogens (tertiary/aromatic N) is 3. The molecule has 3 nitrogen and oxygen atoms in total. The minimum Gasteiger partial charge on any atom is -0.331 e. The Balaban J connectivity index is 1.97. The summed E-state index contributed by atoms with van der Waals surface area (Å²) in [6.07, 6.45) is 0.